The van der Waals surface area contributed by atoms with E-state index in [1.54, 1.807) is 0 Å². The van der Waals surface area contributed by atoms with Gasteiger partial charge in [0, 0.05) is 25.1 Å². The van der Waals surface area contributed by atoms with Crippen LogP contribution in [-0.2, 0) is 4.84 Å². The first-order chi connectivity index (χ1) is 10.7. The van der Waals surface area contributed by atoms with Gasteiger partial charge in [0.05, 0.1) is 12.3 Å². The van der Waals surface area contributed by atoms with Gasteiger partial charge < -0.3 is 15.1 Å². The van der Waals surface area contributed by atoms with E-state index in [9.17, 15) is 4.79 Å². The Bertz CT molecular complexity index is 542. The highest BCUT2D eigenvalue weighted by atomic mass is 16.6. The van der Waals surface area contributed by atoms with Gasteiger partial charge in [-0.2, -0.15) is 0 Å². The predicted molar refractivity (Wildman–Crippen MR) is 88.1 cm³/mol. The molecule has 22 heavy (non-hydrogen) atoms. The number of oxime groups is 1. The van der Waals surface area contributed by atoms with Crippen molar-refractivity contribution in [1.29, 1.82) is 0 Å². The molecule has 1 aromatic rings. The molecule has 120 valence electrons. The Balaban J connectivity index is 1.96. The minimum Gasteiger partial charge on any atom is -0.390 e. The number of nitrogens with one attached hydrogen (secondary N) is 1. The van der Waals surface area contributed by atoms with Crippen molar-refractivity contribution in [1.82, 2.24) is 10.2 Å². The van der Waals surface area contributed by atoms with E-state index in [1.807, 2.05) is 24.0 Å². The molecule has 1 aliphatic rings. The van der Waals surface area contributed by atoms with E-state index in [4.69, 9.17) is 4.84 Å². The fraction of sp³-hybridized carbons (Fsp3) is 0.529. The van der Waals surface area contributed by atoms with Crippen molar-refractivity contribution in [2.45, 2.75) is 39.7 Å². The van der Waals surface area contributed by atoms with Gasteiger partial charge in [0.25, 0.3) is 0 Å². The van der Waals surface area contributed by atoms with Crippen molar-refractivity contribution in [2.24, 2.45) is 5.16 Å². The third-order valence-corrected chi connectivity index (χ3v) is 3.72. The molecule has 0 saturated carbocycles. The standard InChI is InChI=1S/C17H25N3O2/c1-4-10-20(17(21)18-5-2)12-14-11-16(19-22-14)15-9-7-6-8-13(15)3/h6-9,14H,4-5,10-12H2,1-3H3,(H,18,21). The molecule has 0 aliphatic carbocycles. The molecule has 1 N–H and O–H groups in total. The number of benzene rings is 1. The predicted octanol–water partition coefficient (Wildman–Crippen LogP) is 2.93. The fourth-order valence-corrected chi connectivity index (χ4v) is 2.64. The highest BCUT2D eigenvalue weighted by Crippen LogP contribution is 2.20. The second kappa shape index (κ2) is 7.82. The zero-order chi connectivity index (χ0) is 15.9. The lowest BCUT2D eigenvalue weighted by atomic mass is 10.0. The summed E-state index contributed by atoms with van der Waals surface area (Å²) in [7, 11) is 0. The van der Waals surface area contributed by atoms with Crippen LogP contribution in [0.2, 0.25) is 0 Å². The zero-order valence-corrected chi connectivity index (χ0v) is 13.6. The van der Waals surface area contributed by atoms with Gasteiger partial charge >= 0.3 is 6.03 Å². The molecular weight excluding hydrogens is 278 g/mol. The van der Waals surface area contributed by atoms with Crippen LogP contribution in [0.15, 0.2) is 29.4 Å². The average molecular weight is 303 g/mol. The van der Waals surface area contributed by atoms with Crippen molar-refractivity contribution >= 4 is 11.7 Å². The Labute approximate surface area is 132 Å². The molecule has 0 radical (unpaired) electrons. The van der Waals surface area contributed by atoms with Gasteiger partial charge in [0.2, 0.25) is 0 Å². The van der Waals surface area contributed by atoms with Crippen LogP contribution < -0.4 is 5.32 Å². The molecular formula is C17H25N3O2. The number of aryl methyl sites for hydroxylation is 1. The maximum Gasteiger partial charge on any atom is 0.317 e. The molecule has 1 heterocycles. The van der Waals surface area contributed by atoms with Crippen LogP contribution in [0.25, 0.3) is 0 Å². The van der Waals surface area contributed by atoms with Crippen LogP contribution in [-0.4, -0.2) is 42.4 Å². The Morgan fingerprint density at radius 3 is 2.86 bits per heavy atom. The summed E-state index contributed by atoms with van der Waals surface area (Å²) in [5.74, 6) is 0. The first-order valence-electron chi connectivity index (χ1n) is 7.97. The van der Waals surface area contributed by atoms with Crippen LogP contribution in [0.5, 0.6) is 0 Å². The SMILES string of the molecule is CCCN(CC1CC(c2ccccc2C)=NO1)C(=O)NCC. The molecule has 1 aliphatic heterocycles. The van der Waals surface area contributed by atoms with Gasteiger partial charge in [0.1, 0.15) is 0 Å². The first kappa shape index (κ1) is 16.3. The summed E-state index contributed by atoms with van der Waals surface area (Å²) in [5, 5.41) is 7.08. The maximum atomic E-state index is 12.0. The number of amides is 2. The van der Waals surface area contributed by atoms with E-state index in [0.29, 0.717) is 13.1 Å². The van der Waals surface area contributed by atoms with Crippen molar-refractivity contribution < 1.29 is 9.63 Å². The van der Waals surface area contributed by atoms with Crippen molar-refractivity contribution in [3.05, 3.63) is 35.4 Å². The Hall–Kier alpha value is -2.04. The van der Waals surface area contributed by atoms with E-state index in [1.165, 1.54) is 5.56 Å². The minimum atomic E-state index is -0.0660. The van der Waals surface area contributed by atoms with Gasteiger partial charge in [-0.3, -0.25) is 0 Å². The molecule has 2 amide bonds. The molecule has 2 rings (SSSR count). The summed E-state index contributed by atoms with van der Waals surface area (Å²) < 4.78 is 0. The lowest BCUT2D eigenvalue weighted by molar-refractivity contribution is 0.0606. The van der Waals surface area contributed by atoms with Crippen LogP contribution in [0, 0.1) is 6.92 Å². The second-order valence-corrected chi connectivity index (χ2v) is 5.57. The summed E-state index contributed by atoms with van der Waals surface area (Å²) in [6.45, 7) is 7.99. The fourth-order valence-electron chi connectivity index (χ4n) is 2.64. The average Bonchev–Trinajstić information content (AvgIpc) is 2.96. The maximum absolute atomic E-state index is 12.0. The Morgan fingerprint density at radius 2 is 2.18 bits per heavy atom. The van der Waals surface area contributed by atoms with Crippen LogP contribution in [0.4, 0.5) is 4.79 Å². The Kier molecular flexibility index (Phi) is 5.81. The number of carbonyl (C=O) groups is 1. The molecule has 0 fully saturated rings. The van der Waals surface area contributed by atoms with E-state index in [0.717, 1.165) is 30.7 Å². The van der Waals surface area contributed by atoms with Crippen molar-refractivity contribution in [3.63, 3.8) is 0 Å². The highest BCUT2D eigenvalue weighted by Gasteiger charge is 2.26. The number of hydrogen-bond donors (Lipinski definition) is 1. The van der Waals surface area contributed by atoms with E-state index < -0.39 is 0 Å². The summed E-state index contributed by atoms with van der Waals surface area (Å²) in [6, 6.07) is 8.13. The molecule has 0 bridgehead atoms. The van der Waals surface area contributed by atoms with Crippen molar-refractivity contribution in [2.75, 3.05) is 19.6 Å². The van der Waals surface area contributed by atoms with Crippen LogP contribution in [0.1, 0.15) is 37.8 Å². The molecule has 1 aromatic carbocycles. The first-order valence-corrected chi connectivity index (χ1v) is 7.97. The number of urea groups is 1. The van der Waals surface area contributed by atoms with Crippen LogP contribution in [0.3, 0.4) is 0 Å². The summed E-state index contributed by atoms with van der Waals surface area (Å²) in [5.41, 5.74) is 3.29. The van der Waals surface area contributed by atoms with E-state index >= 15 is 0 Å². The van der Waals surface area contributed by atoms with Gasteiger partial charge in [-0.25, -0.2) is 4.79 Å². The molecule has 5 heteroatoms. The minimum absolute atomic E-state index is 0.0303. The number of nitrogens with zero attached hydrogens (tertiary/aromatic N) is 2. The lowest BCUT2D eigenvalue weighted by Crippen LogP contribution is -2.44. The number of carbonyl (C=O) groups excluding carboxylic acids is 1. The topological polar surface area (TPSA) is 53.9 Å². The largest absolute Gasteiger partial charge is 0.390 e. The summed E-state index contributed by atoms with van der Waals surface area (Å²) in [4.78, 5) is 19.4. The molecule has 5 nitrogen and oxygen atoms in total. The number of hydrogen-bond acceptors (Lipinski definition) is 3. The normalized spacial score (nSPS) is 16.9. The van der Waals surface area contributed by atoms with Gasteiger partial charge in [-0.15, -0.1) is 0 Å². The van der Waals surface area contributed by atoms with Gasteiger partial charge in [-0.1, -0.05) is 36.3 Å². The highest BCUT2D eigenvalue weighted by molar-refractivity contribution is 6.02. The van der Waals surface area contributed by atoms with E-state index in [2.05, 4.69) is 36.5 Å². The molecule has 0 saturated heterocycles. The quantitative estimate of drug-likeness (QED) is 0.878. The van der Waals surface area contributed by atoms with Gasteiger partial charge in [-0.05, 0) is 25.8 Å². The zero-order valence-electron chi connectivity index (χ0n) is 13.6. The number of rotatable bonds is 6. The summed E-state index contributed by atoms with van der Waals surface area (Å²) in [6.07, 6.45) is 1.60. The molecule has 0 spiro atoms. The third-order valence-electron chi connectivity index (χ3n) is 3.72. The smallest absolute Gasteiger partial charge is 0.317 e. The van der Waals surface area contributed by atoms with Crippen LogP contribution >= 0.6 is 0 Å². The molecule has 1 unspecified atom stereocenters. The monoisotopic (exact) mass is 303 g/mol. The second-order valence-electron chi connectivity index (χ2n) is 5.57. The summed E-state index contributed by atoms with van der Waals surface area (Å²) >= 11 is 0. The Morgan fingerprint density at radius 1 is 1.41 bits per heavy atom. The lowest BCUT2D eigenvalue weighted by Gasteiger charge is -2.24. The van der Waals surface area contributed by atoms with Crippen molar-refractivity contribution in [3.8, 4) is 0 Å². The molecule has 1 atom stereocenters. The third kappa shape index (κ3) is 4.00. The van der Waals surface area contributed by atoms with E-state index in [-0.39, 0.29) is 12.1 Å². The van der Waals surface area contributed by atoms with Gasteiger partial charge in [0.15, 0.2) is 6.10 Å². The molecule has 0 aromatic heterocycles.